The van der Waals surface area contributed by atoms with Crippen molar-refractivity contribution >= 4 is 22.8 Å². The Kier molecular flexibility index (Phi) is 8.04. The summed E-state index contributed by atoms with van der Waals surface area (Å²) in [6.07, 6.45) is 12.4. The second kappa shape index (κ2) is 12.0. The number of hydrogen-bond donors (Lipinski definition) is 3. The lowest BCUT2D eigenvalue weighted by molar-refractivity contribution is 0.392. The maximum atomic E-state index is 15.0. The molecule has 0 spiro atoms. The molecule has 4 N–H and O–H groups in total. The largest absolute Gasteiger partial charge is 0.481 e. The van der Waals surface area contributed by atoms with Gasteiger partial charge in [-0.15, -0.1) is 0 Å². The lowest BCUT2D eigenvalue weighted by Gasteiger charge is -2.18. The summed E-state index contributed by atoms with van der Waals surface area (Å²) >= 11 is 0. The van der Waals surface area contributed by atoms with Gasteiger partial charge in [-0.2, -0.15) is 4.39 Å². The highest BCUT2D eigenvalue weighted by Gasteiger charge is 2.14. The van der Waals surface area contributed by atoms with E-state index in [0.717, 1.165) is 59.2 Å². The van der Waals surface area contributed by atoms with Gasteiger partial charge in [0.15, 0.2) is 0 Å². The van der Waals surface area contributed by atoms with Crippen LogP contribution in [0.5, 0.6) is 5.88 Å². The zero-order valence-electron chi connectivity index (χ0n) is 21.5. The molecule has 4 aromatic heterocycles. The number of aromatic nitrogens is 4. The summed E-state index contributed by atoms with van der Waals surface area (Å²) in [6.45, 7) is 1.96. The minimum absolute atomic E-state index is 0.301. The molecule has 1 fully saturated rings. The quantitative estimate of drug-likeness (QED) is 0.230. The maximum absolute atomic E-state index is 15.0. The highest BCUT2D eigenvalue weighted by molar-refractivity contribution is 6.10. The van der Waals surface area contributed by atoms with E-state index >= 15 is 4.39 Å². The molecular weight excluding hydrogens is 481 g/mol. The molecule has 8 nitrogen and oxygen atoms in total. The van der Waals surface area contributed by atoms with Crippen molar-refractivity contribution < 1.29 is 9.13 Å². The Morgan fingerprint density at radius 2 is 2.03 bits per heavy atom. The van der Waals surface area contributed by atoms with Crippen molar-refractivity contribution in [2.24, 2.45) is 10.7 Å². The van der Waals surface area contributed by atoms with Gasteiger partial charge in [0.25, 0.3) is 0 Å². The van der Waals surface area contributed by atoms with Crippen LogP contribution >= 0.6 is 0 Å². The van der Waals surface area contributed by atoms with Gasteiger partial charge in [-0.3, -0.25) is 4.99 Å². The van der Waals surface area contributed by atoms with Crippen molar-refractivity contribution in [2.75, 3.05) is 20.2 Å². The molecule has 0 saturated carbocycles. The molecule has 5 rings (SSSR count). The molecule has 5 heterocycles. The highest BCUT2D eigenvalue weighted by atomic mass is 19.1. The van der Waals surface area contributed by atoms with Crippen LogP contribution in [0.3, 0.4) is 0 Å². The van der Waals surface area contributed by atoms with Crippen LogP contribution in [-0.2, 0) is 19.3 Å². The van der Waals surface area contributed by atoms with Crippen molar-refractivity contribution in [3.8, 4) is 5.88 Å². The van der Waals surface area contributed by atoms with E-state index in [1.165, 1.54) is 0 Å². The van der Waals surface area contributed by atoms with Crippen LogP contribution in [0.4, 0.5) is 4.39 Å². The molecule has 0 aromatic carbocycles. The number of aromatic amines is 1. The first-order valence-corrected chi connectivity index (χ1v) is 12.9. The second-order valence-electron chi connectivity index (χ2n) is 9.42. The SMILES string of the molecule is COc1ncccc1CCc1ccc(Cc2c[nH]c3ncc(C(C=NC4CCNCC4)=CN)cc23)c(F)n1. The highest BCUT2D eigenvalue weighted by Crippen LogP contribution is 2.25. The van der Waals surface area contributed by atoms with Gasteiger partial charge in [0, 0.05) is 70.8 Å². The minimum atomic E-state index is -0.462. The predicted octanol–water partition coefficient (Wildman–Crippen LogP) is 4.00. The second-order valence-corrected chi connectivity index (χ2v) is 9.42. The van der Waals surface area contributed by atoms with Crippen LogP contribution in [-0.4, -0.2) is 52.4 Å². The number of hydrogen-bond acceptors (Lipinski definition) is 7. The summed E-state index contributed by atoms with van der Waals surface area (Å²) in [6, 6.07) is 9.85. The first-order valence-electron chi connectivity index (χ1n) is 12.9. The smallest absolute Gasteiger partial charge is 0.216 e. The molecule has 196 valence electrons. The molecule has 9 heteroatoms. The number of rotatable bonds is 9. The molecule has 38 heavy (non-hydrogen) atoms. The maximum Gasteiger partial charge on any atom is 0.216 e. The Balaban J connectivity index is 1.31. The van der Waals surface area contributed by atoms with Gasteiger partial charge in [-0.1, -0.05) is 12.1 Å². The van der Waals surface area contributed by atoms with Crippen LogP contribution in [0.15, 0.2) is 60.1 Å². The number of nitrogens with one attached hydrogen (secondary N) is 2. The monoisotopic (exact) mass is 513 g/mol. The molecule has 0 unspecified atom stereocenters. The zero-order valence-corrected chi connectivity index (χ0v) is 21.5. The topological polar surface area (TPSA) is 114 Å². The molecule has 0 radical (unpaired) electrons. The Morgan fingerprint density at radius 1 is 1.16 bits per heavy atom. The molecule has 0 bridgehead atoms. The molecular formula is C29H32FN7O. The lowest BCUT2D eigenvalue weighted by atomic mass is 10.0. The van der Waals surface area contributed by atoms with Crippen molar-refractivity contribution in [1.82, 2.24) is 25.3 Å². The molecule has 0 atom stereocenters. The molecule has 1 aliphatic rings. The molecule has 0 amide bonds. The fraction of sp³-hybridized carbons (Fsp3) is 0.310. The average Bonchev–Trinajstić information content (AvgIpc) is 3.36. The number of piperidine rings is 1. The number of pyridine rings is 3. The van der Waals surface area contributed by atoms with Gasteiger partial charge in [0.1, 0.15) is 5.65 Å². The number of halogens is 1. The zero-order chi connectivity index (χ0) is 26.3. The van der Waals surface area contributed by atoms with Crippen molar-refractivity contribution in [2.45, 2.75) is 38.1 Å². The number of nitrogens with zero attached hydrogens (tertiary/aromatic N) is 4. The Hall–Kier alpha value is -4.11. The normalized spacial score (nSPS) is 14.9. The summed E-state index contributed by atoms with van der Waals surface area (Å²) in [4.78, 5) is 20.9. The summed E-state index contributed by atoms with van der Waals surface area (Å²) < 4.78 is 20.3. The van der Waals surface area contributed by atoms with E-state index in [1.54, 1.807) is 25.7 Å². The number of nitrogens with two attached hydrogens (primary N) is 1. The molecule has 0 aliphatic carbocycles. The third-order valence-electron chi connectivity index (χ3n) is 6.92. The van der Waals surface area contributed by atoms with E-state index in [4.69, 9.17) is 15.5 Å². The van der Waals surface area contributed by atoms with E-state index in [1.807, 2.05) is 42.7 Å². The van der Waals surface area contributed by atoms with E-state index in [2.05, 4.69) is 25.3 Å². The van der Waals surface area contributed by atoms with E-state index in [-0.39, 0.29) is 0 Å². The van der Waals surface area contributed by atoms with E-state index in [9.17, 15) is 0 Å². The Labute approximate surface area is 221 Å². The molecule has 1 saturated heterocycles. The molecule has 1 aliphatic heterocycles. The molecule has 4 aromatic rings. The van der Waals surface area contributed by atoms with Crippen LogP contribution in [0.25, 0.3) is 16.6 Å². The number of allylic oxidation sites excluding steroid dienone is 1. The van der Waals surface area contributed by atoms with Gasteiger partial charge in [0.05, 0.1) is 13.2 Å². The van der Waals surface area contributed by atoms with Crippen LogP contribution in [0, 0.1) is 5.95 Å². The van der Waals surface area contributed by atoms with Crippen LogP contribution < -0.4 is 15.8 Å². The summed E-state index contributed by atoms with van der Waals surface area (Å²) in [5.41, 5.74) is 11.5. The van der Waals surface area contributed by atoms with Crippen molar-refractivity contribution in [3.05, 3.63) is 89.0 Å². The summed E-state index contributed by atoms with van der Waals surface area (Å²) in [5, 5.41) is 4.27. The van der Waals surface area contributed by atoms with Gasteiger partial charge in [-0.25, -0.2) is 15.0 Å². The van der Waals surface area contributed by atoms with E-state index < -0.39 is 5.95 Å². The van der Waals surface area contributed by atoms with Gasteiger partial charge in [-0.05, 0) is 62.5 Å². The van der Waals surface area contributed by atoms with Crippen LogP contribution in [0.2, 0.25) is 0 Å². The average molecular weight is 514 g/mol. The fourth-order valence-corrected chi connectivity index (χ4v) is 4.76. The summed E-state index contributed by atoms with van der Waals surface area (Å²) in [7, 11) is 1.60. The number of aryl methyl sites for hydroxylation is 2. The van der Waals surface area contributed by atoms with Crippen molar-refractivity contribution in [1.29, 1.82) is 0 Å². The van der Waals surface area contributed by atoms with Crippen molar-refractivity contribution in [3.63, 3.8) is 0 Å². The Bertz CT molecular complexity index is 1460. The number of aliphatic imine (C=N–C) groups is 1. The van der Waals surface area contributed by atoms with E-state index in [0.29, 0.717) is 42.4 Å². The number of fused-ring (bicyclic) bond motifs is 1. The van der Waals surface area contributed by atoms with Gasteiger partial charge < -0.3 is 20.8 Å². The predicted molar refractivity (Wildman–Crippen MR) is 148 cm³/mol. The minimum Gasteiger partial charge on any atom is -0.481 e. The third-order valence-corrected chi connectivity index (χ3v) is 6.92. The number of H-pyrrole nitrogens is 1. The first-order chi connectivity index (χ1) is 18.6. The fourth-order valence-electron chi connectivity index (χ4n) is 4.76. The summed E-state index contributed by atoms with van der Waals surface area (Å²) in [5.74, 6) is 0.123. The first kappa shape index (κ1) is 25.5. The Morgan fingerprint density at radius 3 is 2.82 bits per heavy atom. The standard InChI is InChI=1S/C29H32FN7O/c1-38-29-19(3-2-10-33-29)4-6-25-7-5-20(27(30)37-25)13-22-17-36-28-26(22)14-21(16-35-28)23(15-31)18-34-24-8-11-32-12-9-24/h2-3,5,7,10,14-18,24,32H,4,6,8-9,11-13,31H2,1H3,(H,35,36). The van der Waals surface area contributed by atoms with Gasteiger partial charge >= 0.3 is 0 Å². The third kappa shape index (κ3) is 5.89. The lowest BCUT2D eigenvalue weighted by Crippen LogP contribution is -2.29. The number of methoxy groups -OCH3 is 1. The number of ether oxygens (including phenoxy) is 1. The van der Waals surface area contributed by atoms with Gasteiger partial charge in [0.2, 0.25) is 11.8 Å². The van der Waals surface area contributed by atoms with Crippen LogP contribution in [0.1, 0.15) is 40.8 Å².